The zero-order valence-corrected chi connectivity index (χ0v) is 11.6. The molecule has 1 aromatic carbocycles. The molecule has 20 heavy (non-hydrogen) atoms. The summed E-state index contributed by atoms with van der Waals surface area (Å²) in [5.41, 5.74) is -0.871. The van der Waals surface area contributed by atoms with Crippen molar-refractivity contribution < 1.29 is 17.6 Å². The molecule has 3 atom stereocenters. The van der Waals surface area contributed by atoms with Crippen molar-refractivity contribution in [3.05, 3.63) is 29.6 Å². The first-order valence-electron chi connectivity index (χ1n) is 6.90. The maximum absolute atomic E-state index is 13.7. The quantitative estimate of drug-likeness (QED) is 0.748. The van der Waals surface area contributed by atoms with Gasteiger partial charge in [0.05, 0.1) is 11.3 Å². The van der Waals surface area contributed by atoms with E-state index in [1.54, 1.807) is 0 Å². The summed E-state index contributed by atoms with van der Waals surface area (Å²) in [5.74, 6) is 0.311. The Morgan fingerprint density at radius 1 is 1.15 bits per heavy atom. The molecule has 0 spiro atoms. The third-order valence-corrected chi connectivity index (χ3v) is 4.07. The molecule has 112 valence electrons. The van der Waals surface area contributed by atoms with Gasteiger partial charge in [0, 0.05) is 6.04 Å². The van der Waals surface area contributed by atoms with E-state index in [-0.39, 0.29) is 11.7 Å². The third-order valence-electron chi connectivity index (χ3n) is 4.07. The Kier molecular flexibility index (Phi) is 4.25. The average Bonchev–Trinajstić information content (AvgIpc) is 2.33. The fraction of sp³-hybridized carbons (Fsp3) is 0.600. The average molecular weight is 289 g/mol. The summed E-state index contributed by atoms with van der Waals surface area (Å²) in [7, 11) is 0. The van der Waals surface area contributed by atoms with E-state index in [0.29, 0.717) is 11.8 Å². The van der Waals surface area contributed by atoms with Gasteiger partial charge in [0.25, 0.3) is 0 Å². The molecule has 1 nitrogen and oxygen atoms in total. The van der Waals surface area contributed by atoms with Gasteiger partial charge in [-0.25, -0.2) is 4.39 Å². The largest absolute Gasteiger partial charge is 0.416 e. The second kappa shape index (κ2) is 5.62. The lowest BCUT2D eigenvalue weighted by molar-refractivity contribution is -0.137. The number of hydrogen-bond donors (Lipinski definition) is 1. The lowest BCUT2D eigenvalue weighted by Crippen LogP contribution is -2.33. The van der Waals surface area contributed by atoms with Crippen LogP contribution in [0.2, 0.25) is 0 Å². The van der Waals surface area contributed by atoms with E-state index in [4.69, 9.17) is 0 Å². The molecule has 1 aliphatic carbocycles. The Morgan fingerprint density at radius 2 is 1.85 bits per heavy atom. The number of anilines is 1. The molecule has 0 heterocycles. The first-order valence-corrected chi connectivity index (χ1v) is 6.90. The van der Waals surface area contributed by atoms with Crippen LogP contribution >= 0.6 is 0 Å². The fourth-order valence-corrected chi connectivity index (χ4v) is 2.89. The van der Waals surface area contributed by atoms with Crippen LogP contribution in [0.3, 0.4) is 0 Å². The van der Waals surface area contributed by atoms with Crippen molar-refractivity contribution in [2.45, 2.75) is 45.3 Å². The van der Waals surface area contributed by atoms with Crippen molar-refractivity contribution in [2.24, 2.45) is 11.8 Å². The Hall–Kier alpha value is -1.26. The molecule has 5 heteroatoms. The molecular weight excluding hydrogens is 270 g/mol. The first-order chi connectivity index (χ1) is 9.27. The minimum Gasteiger partial charge on any atom is -0.380 e. The SMILES string of the molecule is CC1CCC(Nc2cc(C(F)(F)F)ccc2F)C(C)C1. The van der Waals surface area contributed by atoms with E-state index in [2.05, 4.69) is 19.2 Å². The Morgan fingerprint density at radius 3 is 2.45 bits per heavy atom. The predicted molar refractivity (Wildman–Crippen MR) is 71.0 cm³/mol. The van der Waals surface area contributed by atoms with Gasteiger partial charge < -0.3 is 5.32 Å². The van der Waals surface area contributed by atoms with Gasteiger partial charge in [-0.05, 0) is 49.3 Å². The molecule has 1 aliphatic rings. The van der Waals surface area contributed by atoms with Crippen LogP contribution in [0.5, 0.6) is 0 Å². The monoisotopic (exact) mass is 289 g/mol. The molecule has 1 saturated carbocycles. The molecule has 0 saturated heterocycles. The van der Waals surface area contributed by atoms with Crippen LogP contribution in [0.25, 0.3) is 0 Å². The highest BCUT2D eigenvalue weighted by molar-refractivity contribution is 5.49. The summed E-state index contributed by atoms with van der Waals surface area (Å²) >= 11 is 0. The van der Waals surface area contributed by atoms with Crippen molar-refractivity contribution in [1.29, 1.82) is 0 Å². The lowest BCUT2D eigenvalue weighted by Gasteiger charge is -2.34. The number of benzene rings is 1. The summed E-state index contributed by atoms with van der Waals surface area (Å²) in [5, 5.41) is 2.96. The van der Waals surface area contributed by atoms with Crippen molar-refractivity contribution in [3.63, 3.8) is 0 Å². The third kappa shape index (κ3) is 3.44. The van der Waals surface area contributed by atoms with Crippen LogP contribution in [-0.2, 0) is 6.18 Å². The van der Waals surface area contributed by atoms with Crippen LogP contribution in [-0.4, -0.2) is 6.04 Å². The minimum atomic E-state index is -4.45. The summed E-state index contributed by atoms with van der Waals surface area (Å²) in [4.78, 5) is 0. The standard InChI is InChI=1S/C15H19F4N/c1-9-3-6-13(10(2)7-9)20-14-8-11(15(17,18)19)4-5-12(14)16/h4-5,8-10,13,20H,3,6-7H2,1-2H3. The Balaban J connectivity index is 2.16. The number of nitrogens with one attached hydrogen (secondary N) is 1. The normalized spacial score (nSPS) is 27.4. The molecule has 0 bridgehead atoms. The van der Waals surface area contributed by atoms with Gasteiger partial charge in [0.2, 0.25) is 0 Å². The fourth-order valence-electron chi connectivity index (χ4n) is 2.89. The Bertz CT molecular complexity index is 469. The lowest BCUT2D eigenvalue weighted by atomic mass is 9.80. The van der Waals surface area contributed by atoms with Gasteiger partial charge in [-0.3, -0.25) is 0 Å². The maximum Gasteiger partial charge on any atom is 0.416 e. The zero-order chi connectivity index (χ0) is 14.9. The highest BCUT2D eigenvalue weighted by Crippen LogP contribution is 2.34. The molecule has 2 rings (SSSR count). The summed E-state index contributed by atoms with van der Waals surface area (Å²) < 4.78 is 51.7. The number of alkyl halides is 3. The second-order valence-electron chi connectivity index (χ2n) is 5.84. The summed E-state index contributed by atoms with van der Waals surface area (Å²) in [6, 6.07) is 2.54. The number of hydrogen-bond acceptors (Lipinski definition) is 1. The van der Waals surface area contributed by atoms with E-state index in [1.165, 1.54) is 0 Å². The van der Waals surface area contributed by atoms with Crippen LogP contribution in [0.15, 0.2) is 18.2 Å². The van der Waals surface area contributed by atoms with Crippen molar-refractivity contribution in [1.82, 2.24) is 0 Å². The molecule has 0 aromatic heterocycles. The highest BCUT2D eigenvalue weighted by atomic mass is 19.4. The minimum absolute atomic E-state index is 0.0317. The van der Waals surface area contributed by atoms with Crippen LogP contribution in [0.4, 0.5) is 23.2 Å². The van der Waals surface area contributed by atoms with Crippen molar-refractivity contribution in [3.8, 4) is 0 Å². The molecule has 3 unspecified atom stereocenters. The van der Waals surface area contributed by atoms with E-state index >= 15 is 0 Å². The molecule has 0 radical (unpaired) electrons. The first kappa shape index (κ1) is 15.1. The van der Waals surface area contributed by atoms with Crippen LogP contribution in [0.1, 0.15) is 38.7 Å². The van der Waals surface area contributed by atoms with E-state index in [9.17, 15) is 17.6 Å². The maximum atomic E-state index is 13.7. The zero-order valence-electron chi connectivity index (χ0n) is 11.6. The molecule has 0 amide bonds. The number of rotatable bonds is 2. The van der Waals surface area contributed by atoms with E-state index in [0.717, 1.165) is 37.5 Å². The second-order valence-corrected chi connectivity index (χ2v) is 5.84. The topological polar surface area (TPSA) is 12.0 Å². The van der Waals surface area contributed by atoms with Crippen molar-refractivity contribution in [2.75, 3.05) is 5.32 Å². The number of halogens is 4. The van der Waals surface area contributed by atoms with Crippen LogP contribution < -0.4 is 5.32 Å². The summed E-state index contributed by atoms with van der Waals surface area (Å²) in [6.45, 7) is 4.22. The van der Waals surface area contributed by atoms with Gasteiger partial charge in [0.15, 0.2) is 0 Å². The van der Waals surface area contributed by atoms with E-state index in [1.807, 2.05) is 0 Å². The Labute approximate surface area is 116 Å². The highest BCUT2D eigenvalue weighted by Gasteiger charge is 2.32. The van der Waals surface area contributed by atoms with Gasteiger partial charge >= 0.3 is 6.18 Å². The molecule has 1 fully saturated rings. The smallest absolute Gasteiger partial charge is 0.380 e. The molecule has 1 N–H and O–H groups in total. The van der Waals surface area contributed by atoms with Gasteiger partial charge in [-0.15, -0.1) is 0 Å². The molecule has 0 aliphatic heterocycles. The predicted octanol–water partition coefficient (Wildman–Crippen LogP) is 5.08. The van der Waals surface area contributed by atoms with Crippen molar-refractivity contribution >= 4 is 5.69 Å². The molecule has 1 aromatic rings. The van der Waals surface area contributed by atoms with Gasteiger partial charge in [0.1, 0.15) is 5.82 Å². The van der Waals surface area contributed by atoms with Gasteiger partial charge in [-0.1, -0.05) is 13.8 Å². The van der Waals surface area contributed by atoms with Crippen LogP contribution in [0, 0.1) is 17.7 Å². The van der Waals surface area contributed by atoms with E-state index < -0.39 is 17.6 Å². The summed E-state index contributed by atoms with van der Waals surface area (Å²) in [6.07, 6.45) is -1.56. The molecular formula is C15H19F4N. The van der Waals surface area contributed by atoms with Gasteiger partial charge in [-0.2, -0.15) is 13.2 Å².